The molecular formula is C12H12F4N2O. The summed E-state index contributed by atoms with van der Waals surface area (Å²) in [4.78, 5) is 11.0. The minimum Gasteiger partial charge on any atom is -0.288 e. The maximum atomic E-state index is 13.4. The summed E-state index contributed by atoms with van der Waals surface area (Å²) in [6.07, 6.45) is -5.06. The summed E-state index contributed by atoms with van der Waals surface area (Å²) in [6.45, 7) is -0.0303. The Hall–Kier alpha value is -1.63. The van der Waals surface area contributed by atoms with Gasteiger partial charge in [0.2, 0.25) is 5.91 Å². The van der Waals surface area contributed by atoms with Crippen LogP contribution in [0.25, 0.3) is 0 Å². The third kappa shape index (κ3) is 3.23. The van der Waals surface area contributed by atoms with Crippen molar-refractivity contribution in [1.82, 2.24) is 10.4 Å². The van der Waals surface area contributed by atoms with E-state index in [9.17, 15) is 22.4 Å². The standard InChI is InChI=1S/C12H12F4N2O/c13-9-4-2-1-3-8(9)7-10(12(14,15)16)18-6-5-11(19)17-18/h1-4,10H,5-7H2,(H,17,19)/t10-/m0/s1. The molecule has 0 aromatic heterocycles. The van der Waals surface area contributed by atoms with Crippen LogP contribution in [0.15, 0.2) is 24.3 Å². The van der Waals surface area contributed by atoms with Crippen LogP contribution in [0.2, 0.25) is 0 Å². The fraction of sp³-hybridized carbons (Fsp3) is 0.417. The number of nitrogens with one attached hydrogen (secondary N) is 1. The molecule has 3 nitrogen and oxygen atoms in total. The SMILES string of the molecule is O=C1CCN([C@@H](Cc2ccccc2F)C(F)(F)F)N1. The third-order valence-electron chi connectivity index (χ3n) is 2.97. The predicted molar refractivity (Wildman–Crippen MR) is 59.4 cm³/mol. The number of benzene rings is 1. The van der Waals surface area contributed by atoms with Crippen molar-refractivity contribution in [2.24, 2.45) is 0 Å². The normalized spacial score (nSPS) is 18.4. The molecule has 1 aromatic rings. The third-order valence-corrected chi connectivity index (χ3v) is 2.97. The highest BCUT2D eigenvalue weighted by molar-refractivity contribution is 5.77. The molecule has 1 heterocycles. The lowest BCUT2D eigenvalue weighted by Gasteiger charge is -2.29. The van der Waals surface area contributed by atoms with Crippen LogP contribution in [-0.2, 0) is 11.2 Å². The summed E-state index contributed by atoms with van der Waals surface area (Å²) in [7, 11) is 0. The fourth-order valence-electron chi connectivity index (χ4n) is 2.00. The van der Waals surface area contributed by atoms with Crippen LogP contribution in [0.1, 0.15) is 12.0 Å². The average molecular weight is 276 g/mol. The summed E-state index contributed by atoms with van der Waals surface area (Å²) in [5.74, 6) is -1.13. The van der Waals surface area contributed by atoms with Gasteiger partial charge in [-0.05, 0) is 11.6 Å². The number of halogens is 4. The molecule has 1 N–H and O–H groups in total. The van der Waals surface area contributed by atoms with Crippen molar-refractivity contribution >= 4 is 5.91 Å². The summed E-state index contributed by atoms with van der Waals surface area (Å²) < 4.78 is 52.4. The van der Waals surface area contributed by atoms with Gasteiger partial charge in [0, 0.05) is 19.4 Å². The number of alkyl halides is 3. The van der Waals surface area contributed by atoms with Crippen LogP contribution in [0.5, 0.6) is 0 Å². The second-order valence-corrected chi connectivity index (χ2v) is 4.33. The summed E-state index contributed by atoms with van der Waals surface area (Å²) in [5.41, 5.74) is 2.13. The maximum Gasteiger partial charge on any atom is 0.406 e. The molecule has 104 valence electrons. The zero-order valence-corrected chi connectivity index (χ0v) is 9.88. The number of hydrogen-bond acceptors (Lipinski definition) is 2. The monoisotopic (exact) mass is 276 g/mol. The molecule has 1 saturated heterocycles. The van der Waals surface area contributed by atoms with Gasteiger partial charge < -0.3 is 0 Å². The van der Waals surface area contributed by atoms with E-state index < -0.39 is 30.4 Å². The zero-order chi connectivity index (χ0) is 14.0. The molecule has 7 heteroatoms. The van der Waals surface area contributed by atoms with Crippen molar-refractivity contribution in [3.8, 4) is 0 Å². The van der Waals surface area contributed by atoms with Crippen molar-refractivity contribution in [3.63, 3.8) is 0 Å². The highest BCUT2D eigenvalue weighted by Crippen LogP contribution is 2.28. The van der Waals surface area contributed by atoms with E-state index in [0.29, 0.717) is 0 Å². The van der Waals surface area contributed by atoms with Crippen molar-refractivity contribution < 1.29 is 22.4 Å². The van der Waals surface area contributed by atoms with Gasteiger partial charge in [-0.3, -0.25) is 10.2 Å². The van der Waals surface area contributed by atoms with Gasteiger partial charge in [-0.1, -0.05) is 18.2 Å². The number of carbonyl (C=O) groups is 1. The van der Waals surface area contributed by atoms with Crippen LogP contribution in [0.4, 0.5) is 17.6 Å². The quantitative estimate of drug-likeness (QED) is 0.857. The molecule has 0 aliphatic carbocycles. The van der Waals surface area contributed by atoms with Gasteiger partial charge in [0.05, 0.1) is 0 Å². The first-order chi connectivity index (χ1) is 8.88. The van der Waals surface area contributed by atoms with E-state index in [1.807, 2.05) is 0 Å². The second-order valence-electron chi connectivity index (χ2n) is 4.33. The van der Waals surface area contributed by atoms with Crippen LogP contribution in [0, 0.1) is 5.82 Å². The molecule has 0 unspecified atom stereocenters. The Bertz CT molecular complexity index is 475. The van der Waals surface area contributed by atoms with Crippen LogP contribution in [-0.4, -0.2) is 29.7 Å². The highest BCUT2D eigenvalue weighted by Gasteiger charge is 2.45. The largest absolute Gasteiger partial charge is 0.406 e. The highest BCUT2D eigenvalue weighted by atomic mass is 19.4. The lowest BCUT2D eigenvalue weighted by molar-refractivity contribution is -0.188. The minimum absolute atomic E-state index is 0.0177. The summed E-state index contributed by atoms with van der Waals surface area (Å²) >= 11 is 0. The Morgan fingerprint density at radius 1 is 1.32 bits per heavy atom. The molecule has 0 radical (unpaired) electrons. The van der Waals surface area contributed by atoms with E-state index in [1.165, 1.54) is 18.2 Å². The molecule has 2 rings (SSSR count). The van der Waals surface area contributed by atoms with E-state index in [4.69, 9.17) is 0 Å². The Morgan fingerprint density at radius 2 is 2.00 bits per heavy atom. The number of hydrazine groups is 1. The molecule has 0 spiro atoms. The van der Waals surface area contributed by atoms with Gasteiger partial charge in [0.25, 0.3) is 0 Å². The van der Waals surface area contributed by atoms with Crippen molar-refractivity contribution in [3.05, 3.63) is 35.6 Å². The number of nitrogens with zero attached hydrogens (tertiary/aromatic N) is 1. The van der Waals surface area contributed by atoms with Gasteiger partial charge in [0.15, 0.2) is 0 Å². The Kier molecular flexibility index (Phi) is 3.75. The number of amides is 1. The Labute approximate surface area is 107 Å². The maximum absolute atomic E-state index is 13.4. The predicted octanol–water partition coefficient (Wildman–Crippen LogP) is 2.04. The first kappa shape index (κ1) is 13.8. The van der Waals surface area contributed by atoms with E-state index >= 15 is 0 Å². The summed E-state index contributed by atoms with van der Waals surface area (Å²) in [6, 6.07) is 3.40. The molecule has 1 amide bonds. The lowest BCUT2D eigenvalue weighted by atomic mass is 10.0. The molecule has 1 fully saturated rings. The molecule has 1 atom stereocenters. The van der Waals surface area contributed by atoms with Gasteiger partial charge in [-0.15, -0.1) is 0 Å². The van der Waals surface area contributed by atoms with E-state index in [0.717, 1.165) is 11.1 Å². The van der Waals surface area contributed by atoms with E-state index in [-0.39, 0.29) is 18.5 Å². The fourth-order valence-corrected chi connectivity index (χ4v) is 2.00. The molecule has 1 aromatic carbocycles. The average Bonchev–Trinajstić information content (AvgIpc) is 2.73. The van der Waals surface area contributed by atoms with Crippen molar-refractivity contribution in [2.75, 3.05) is 6.54 Å². The summed E-state index contributed by atoms with van der Waals surface area (Å²) in [5, 5.41) is 0.828. The Morgan fingerprint density at radius 3 is 2.53 bits per heavy atom. The lowest BCUT2D eigenvalue weighted by Crippen LogP contribution is -2.51. The molecule has 1 aliphatic heterocycles. The second kappa shape index (κ2) is 5.16. The van der Waals surface area contributed by atoms with E-state index in [2.05, 4.69) is 5.43 Å². The van der Waals surface area contributed by atoms with E-state index in [1.54, 1.807) is 0 Å². The van der Waals surface area contributed by atoms with Gasteiger partial charge in [-0.25, -0.2) is 9.40 Å². The van der Waals surface area contributed by atoms with Crippen molar-refractivity contribution in [2.45, 2.75) is 25.1 Å². The number of hydrogen-bond donors (Lipinski definition) is 1. The van der Waals surface area contributed by atoms with Gasteiger partial charge >= 0.3 is 6.18 Å². The van der Waals surface area contributed by atoms with Gasteiger partial charge in [-0.2, -0.15) is 13.2 Å². The van der Waals surface area contributed by atoms with Gasteiger partial charge in [0.1, 0.15) is 11.9 Å². The number of rotatable bonds is 3. The van der Waals surface area contributed by atoms with Crippen LogP contribution < -0.4 is 5.43 Å². The smallest absolute Gasteiger partial charge is 0.288 e. The molecule has 19 heavy (non-hydrogen) atoms. The topological polar surface area (TPSA) is 32.3 Å². The van der Waals surface area contributed by atoms with Crippen molar-refractivity contribution in [1.29, 1.82) is 0 Å². The van der Waals surface area contributed by atoms with Crippen LogP contribution in [0.3, 0.4) is 0 Å². The Balaban J connectivity index is 2.20. The first-order valence-electron chi connectivity index (χ1n) is 5.74. The van der Waals surface area contributed by atoms with Crippen LogP contribution >= 0.6 is 0 Å². The molecular weight excluding hydrogens is 264 g/mol. The number of carbonyl (C=O) groups excluding carboxylic acids is 1. The first-order valence-corrected chi connectivity index (χ1v) is 5.74. The minimum atomic E-state index is -4.54. The molecule has 0 saturated carbocycles. The zero-order valence-electron chi connectivity index (χ0n) is 9.88. The molecule has 0 bridgehead atoms. The molecule has 1 aliphatic rings.